The standard InChI is InChI=1S/C17H22ClN3O5/c1-10(2)20(12-5-4-6-19(9-12)17(23)24)16(22)13-8-15(21(25)26)14(18)7-11(13)3/h7-8,10,12H,4-6,9H2,1-3H3,(H,23,24)/t12-/m1/s1. The van der Waals surface area contributed by atoms with Crippen LogP contribution in [0.2, 0.25) is 5.02 Å². The van der Waals surface area contributed by atoms with E-state index in [4.69, 9.17) is 11.6 Å². The van der Waals surface area contributed by atoms with E-state index in [0.717, 1.165) is 0 Å². The van der Waals surface area contributed by atoms with Crippen molar-refractivity contribution in [1.82, 2.24) is 9.80 Å². The predicted molar refractivity (Wildman–Crippen MR) is 96.8 cm³/mol. The van der Waals surface area contributed by atoms with E-state index in [9.17, 15) is 24.8 Å². The number of aryl methyl sites for hydroxylation is 1. The summed E-state index contributed by atoms with van der Waals surface area (Å²) in [5, 5.41) is 20.4. The van der Waals surface area contributed by atoms with Crippen molar-refractivity contribution >= 4 is 29.3 Å². The molecule has 0 bridgehead atoms. The molecule has 142 valence electrons. The Labute approximate surface area is 156 Å². The van der Waals surface area contributed by atoms with E-state index < -0.39 is 11.0 Å². The number of hydrogen-bond donors (Lipinski definition) is 1. The van der Waals surface area contributed by atoms with Crippen LogP contribution >= 0.6 is 11.6 Å². The van der Waals surface area contributed by atoms with Crippen LogP contribution in [0.25, 0.3) is 0 Å². The summed E-state index contributed by atoms with van der Waals surface area (Å²) in [5.74, 6) is -0.352. The summed E-state index contributed by atoms with van der Waals surface area (Å²) in [7, 11) is 0. The molecule has 26 heavy (non-hydrogen) atoms. The SMILES string of the molecule is Cc1cc(Cl)c([N+](=O)[O-])cc1C(=O)N(C(C)C)[C@@H]1CCCN(C(=O)O)C1. The number of rotatable bonds is 4. The highest BCUT2D eigenvalue weighted by molar-refractivity contribution is 6.32. The summed E-state index contributed by atoms with van der Waals surface area (Å²) in [6.45, 7) is 6.03. The molecule has 8 nitrogen and oxygen atoms in total. The molecule has 0 aromatic heterocycles. The maximum atomic E-state index is 13.2. The van der Waals surface area contributed by atoms with E-state index >= 15 is 0 Å². The molecule has 1 aliphatic heterocycles. The zero-order valence-corrected chi connectivity index (χ0v) is 15.7. The smallest absolute Gasteiger partial charge is 0.407 e. The minimum absolute atomic E-state index is 0.0186. The van der Waals surface area contributed by atoms with Crippen molar-refractivity contribution in [2.75, 3.05) is 13.1 Å². The van der Waals surface area contributed by atoms with Crippen LogP contribution in [0.3, 0.4) is 0 Å². The lowest BCUT2D eigenvalue weighted by atomic mass is 9.99. The molecule has 1 atom stereocenters. The lowest BCUT2D eigenvalue weighted by Crippen LogP contribution is -2.53. The van der Waals surface area contributed by atoms with Gasteiger partial charge in [-0.15, -0.1) is 0 Å². The second-order valence-electron chi connectivity index (χ2n) is 6.71. The van der Waals surface area contributed by atoms with Crippen LogP contribution in [0.15, 0.2) is 12.1 Å². The summed E-state index contributed by atoms with van der Waals surface area (Å²) in [6, 6.07) is 2.15. The molecule has 9 heteroatoms. The number of amides is 2. The van der Waals surface area contributed by atoms with Gasteiger partial charge in [0.1, 0.15) is 5.02 Å². The molecule has 2 amide bonds. The summed E-state index contributed by atoms with van der Waals surface area (Å²) < 4.78 is 0. The van der Waals surface area contributed by atoms with Gasteiger partial charge in [-0.1, -0.05) is 11.6 Å². The second kappa shape index (κ2) is 7.90. The zero-order chi connectivity index (χ0) is 19.6. The third kappa shape index (κ3) is 4.07. The van der Waals surface area contributed by atoms with Gasteiger partial charge in [-0.05, 0) is 45.2 Å². The van der Waals surface area contributed by atoms with Gasteiger partial charge in [-0.2, -0.15) is 0 Å². The molecular formula is C17H22ClN3O5. The molecule has 0 spiro atoms. The summed E-state index contributed by atoms with van der Waals surface area (Å²) >= 11 is 5.91. The summed E-state index contributed by atoms with van der Waals surface area (Å²) in [6.07, 6.45) is 0.333. The molecule has 1 aliphatic rings. The van der Waals surface area contributed by atoms with Gasteiger partial charge in [-0.25, -0.2) is 4.79 Å². The fraction of sp³-hybridized carbons (Fsp3) is 0.529. The van der Waals surface area contributed by atoms with Crippen molar-refractivity contribution in [3.8, 4) is 0 Å². The summed E-state index contributed by atoms with van der Waals surface area (Å²) in [5.41, 5.74) is 0.435. The molecule has 2 rings (SSSR count). The number of nitro groups is 1. The number of likely N-dealkylation sites (tertiary alicyclic amines) is 1. The van der Waals surface area contributed by atoms with Gasteiger partial charge >= 0.3 is 6.09 Å². The zero-order valence-electron chi connectivity index (χ0n) is 14.9. The minimum Gasteiger partial charge on any atom is -0.465 e. The maximum absolute atomic E-state index is 13.2. The Morgan fingerprint density at radius 1 is 1.42 bits per heavy atom. The van der Waals surface area contributed by atoms with Crippen molar-refractivity contribution in [3.05, 3.63) is 38.4 Å². The largest absolute Gasteiger partial charge is 0.465 e. The third-order valence-corrected chi connectivity index (χ3v) is 4.87. The average Bonchev–Trinajstić information content (AvgIpc) is 2.54. The molecule has 0 saturated carbocycles. The Kier molecular flexibility index (Phi) is 6.07. The second-order valence-corrected chi connectivity index (χ2v) is 7.11. The van der Waals surface area contributed by atoms with E-state index in [1.165, 1.54) is 17.0 Å². The minimum atomic E-state index is -1.01. The van der Waals surface area contributed by atoms with Crippen molar-refractivity contribution in [2.24, 2.45) is 0 Å². The fourth-order valence-electron chi connectivity index (χ4n) is 3.35. The molecular weight excluding hydrogens is 362 g/mol. The van der Waals surface area contributed by atoms with Crippen LogP contribution in [0.5, 0.6) is 0 Å². The number of piperidine rings is 1. The third-order valence-electron chi connectivity index (χ3n) is 4.57. The summed E-state index contributed by atoms with van der Waals surface area (Å²) in [4.78, 5) is 37.9. The first-order valence-corrected chi connectivity index (χ1v) is 8.76. The normalized spacial score (nSPS) is 17.3. The first kappa shape index (κ1) is 20.0. The number of benzene rings is 1. The number of carbonyl (C=O) groups is 2. The van der Waals surface area contributed by atoms with Crippen LogP contribution in [-0.2, 0) is 0 Å². The molecule has 1 aromatic carbocycles. The maximum Gasteiger partial charge on any atom is 0.407 e. The highest BCUT2D eigenvalue weighted by atomic mass is 35.5. The fourth-order valence-corrected chi connectivity index (χ4v) is 3.64. The number of carboxylic acid groups (broad SMARTS) is 1. The van der Waals surface area contributed by atoms with Crippen LogP contribution in [0.4, 0.5) is 10.5 Å². The van der Waals surface area contributed by atoms with Crippen LogP contribution < -0.4 is 0 Å². The van der Waals surface area contributed by atoms with Crippen molar-refractivity contribution in [2.45, 2.75) is 45.7 Å². The first-order valence-electron chi connectivity index (χ1n) is 8.38. The Morgan fingerprint density at radius 2 is 2.08 bits per heavy atom. The van der Waals surface area contributed by atoms with E-state index in [1.807, 2.05) is 13.8 Å². The first-order chi connectivity index (χ1) is 12.1. The van der Waals surface area contributed by atoms with Gasteiger partial charge in [0.25, 0.3) is 11.6 Å². The van der Waals surface area contributed by atoms with Crippen molar-refractivity contribution in [1.29, 1.82) is 0 Å². The molecule has 0 aliphatic carbocycles. The van der Waals surface area contributed by atoms with Crippen LogP contribution in [0.1, 0.15) is 42.6 Å². The van der Waals surface area contributed by atoms with Gasteiger partial charge in [0.15, 0.2) is 0 Å². The molecule has 1 N–H and O–H groups in total. The number of hydrogen-bond acceptors (Lipinski definition) is 4. The number of carbonyl (C=O) groups excluding carboxylic acids is 1. The lowest BCUT2D eigenvalue weighted by molar-refractivity contribution is -0.384. The highest BCUT2D eigenvalue weighted by Crippen LogP contribution is 2.30. The van der Waals surface area contributed by atoms with Crippen molar-refractivity contribution < 1.29 is 19.6 Å². The van der Waals surface area contributed by atoms with Crippen molar-refractivity contribution in [3.63, 3.8) is 0 Å². The average molecular weight is 384 g/mol. The van der Waals surface area contributed by atoms with Gasteiger partial charge in [0.05, 0.1) is 11.0 Å². The van der Waals surface area contributed by atoms with Gasteiger partial charge in [-0.3, -0.25) is 14.9 Å². The van der Waals surface area contributed by atoms with Gasteiger partial charge in [0, 0.05) is 30.8 Å². The number of halogens is 1. The molecule has 1 heterocycles. The Balaban J connectivity index is 2.39. The van der Waals surface area contributed by atoms with Gasteiger partial charge < -0.3 is 14.9 Å². The highest BCUT2D eigenvalue weighted by Gasteiger charge is 2.33. The van der Waals surface area contributed by atoms with Crippen LogP contribution in [0, 0.1) is 17.0 Å². The monoisotopic (exact) mass is 383 g/mol. The van der Waals surface area contributed by atoms with E-state index in [1.54, 1.807) is 11.8 Å². The molecule has 0 unspecified atom stereocenters. The quantitative estimate of drug-likeness (QED) is 0.632. The van der Waals surface area contributed by atoms with Gasteiger partial charge in [0.2, 0.25) is 0 Å². The van der Waals surface area contributed by atoms with E-state index in [-0.39, 0.29) is 40.8 Å². The lowest BCUT2D eigenvalue weighted by Gasteiger charge is -2.40. The van der Waals surface area contributed by atoms with Crippen LogP contribution in [-0.4, -0.2) is 57.0 Å². The molecule has 1 saturated heterocycles. The Morgan fingerprint density at radius 3 is 2.62 bits per heavy atom. The number of nitro benzene ring substituents is 1. The van der Waals surface area contributed by atoms with E-state index in [0.29, 0.717) is 24.9 Å². The Hall–Kier alpha value is -2.35. The molecule has 0 radical (unpaired) electrons. The number of nitrogens with zero attached hydrogens (tertiary/aromatic N) is 3. The molecule has 1 aromatic rings. The van der Waals surface area contributed by atoms with E-state index in [2.05, 4.69) is 0 Å². The predicted octanol–water partition coefficient (Wildman–Crippen LogP) is 3.55. The Bertz CT molecular complexity index is 737. The topological polar surface area (TPSA) is 104 Å². The molecule has 1 fully saturated rings.